The van der Waals surface area contributed by atoms with Gasteiger partial charge in [0.15, 0.2) is 0 Å². The second-order valence-corrected chi connectivity index (χ2v) is 7.21. The highest BCUT2D eigenvalue weighted by molar-refractivity contribution is 9.10. The summed E-state index contributed by atoms with van der Waals surface area (Å²) in [7, 11) is 0. The van der Waals surface area contributed by atoms with E-state index < -0.39 is 0 Å². The molecule has 3 nitrogen and oxygen atoms in total. The molecule has 3 rings (SSSR count). The van der Waals surface area contributed by atoms with Crippen LogP contribution in [0.25, 0.3) is 11.0 Å². The summed E-state index contributed by atoms with van der Waals surface area (Å²) in [5, 5.41) is 1.38. The van der Waals surface area contributed by atoms with E-state index in [1.54, 1.807) is 12.1 Å². The van der Waals surface area contributed by atoms with Crippen LogP contribution >= 0.6 is 27.5 Å². The van der Waals surface area contributed by atoms with E-state index in [4.69, 9.17) is 20.8 Å². The zero-order valence-electron chi connectivity index (χ0n) is 13.9. The Kier molecular flexibility index (Phi) is 5.82. The van der Waals surface area contributed by atoms with Crippen molar-refractivity contribution in [3.05, 3.63) is 73.5 Å². The van der Waals surface area contributed by atoms with Gasteiger partial charge >= 0.3 is 5.63 Å². The van der Waals surface area contributed by atoms with Crippen LogP contribution < -0.4 is 10.4 Å². The van der Waals surface area contributed by atoms with E-state index in [0.717, 1.165) is 40.2 Å². The molecule has 0 aliphatic heterocycles. The summed E-state index contributed by atoms with van der Waals surface area (Å²) in [5.74, 6) is 0.507. The molecule has 0 amide bonds. The Morgan fingerprint density at radius 1 is 1.16 bits per heavy atom. The summed E-state index contributed by atoms with van der Waals surface area (Å²) in [4.78, 5) is 11.8. The molecule has 0 atom stereocenters. The Labute approximate surface area is 159 Å². The first kappa shape index (κ1) is 18.0. The molecule has 0 spiro atoms. The normalized spacial score (nSPS) is 11.0. The average Bonchev–Trinajstić information content (AvgIpc) is 2.60. The summed E-state index contributed by atoms with van der Waals surface area (Å²) >= 11 is 9.80. The minimum atomic E-state index is -0.347. The molecular formula is C20H18BrClO3. The molecule has 0 unspecified atom stereocenters. The van der Waals surface area contributed by atoms with E-state index in [9.17, 15) is 4.79 Å². The van der Waals surface area contributed by atoms with E-state index in [1.165, 1.54) is 0 Å². The number of unbranched alkanes of at least 4 members (excludes halogenated alkanes) is 1. The fourth-order valence-corrected chi connectivity index (χ4v) is 3.14. The predicted octanol–water partition coefficient (Wildman–Crippen LogP) is 6.13. The maximum Gasteiger partial charge on any atom is 0.336 e. The third-order valence-corrected chi connectivity index (χ3v) is 4.81. The van der Waals surface area contributed by atoms with Gasteiger partial charge in [-0.15, -0.1) is 0 Å². The number of halogens is 2. The Balaban J connectivity index is 1.90. The summed E-state index contributed by atoms with van der Waals surface area (Å²) < 4.78 is 12.2. The van der Waals surface area contributed by atoms with Crippen molar-refractivity contribution in [2.24, 2.45) is 0 Å². The first-order chi connectivity index (χ1) is 12.1. The van der Waals surface area contributed by atoms with Gasteiger partial charge in [-0.25, -0.2) is 4.79 Å². The monoisotopic (exact) mass is 420 g/mol. The van der Waals surface area contributed by atoms with Crippen LogP contribution in [0.5, 0.6) is 5.75 Å². The molecular weight excluding hydrogens is 404 g/mol. The fourth-order valence-electron chi connectivity index (χ4n) is 2.65. The lowest BCUT2D eigenvalue weighted by Gasteiger charge is -2.11. The molecule has 2 aromatic carbocycles. The highest BCUT2D eigenvalue weighted by atomic mass is 79.9. The molecule has 130 valence electrons. The van der Waals surface area contributed by atoms with E-state index >= 15 is 0 Å². The maximum absolute atomic E-state index is 11.8. The van der Waals surface area contributed by atoms with E-state index in [2.05, 4.69) is 22.9 Å². The van der Waals surface area contributed by atoms with Crippen molar-refractivity contribution in [3.8, 4) is 5.75 Å². The van der Waals surface area contributed by atoms with Gasteiger partial charge in [-0.2, -0.15) is 0 Å². The summed E-state index contributed by atoms with van der Waals surface area (Å²) in [5.41, 5.74) is 2.15. The van der Waals surface area contributed by atoms with Gasteiger partial charge in [-0.1, -0.05) is 53.0 Å². The van der Waals surface area contributed by atoms with Crippen LogP contribution in [0, 0.1) is 0 Å². The van der Waals surface area contributed by atoms with Crippen LogP contribution in [-0.4, -0.2) is 0 Å². The highest BCUT2D eigenvalue weighted by Crippen LogP contribution is 2.32. The molecule has 3 aromatic rings. The molecule has 0 saturated heterocycles. The zero-order chi connectivity index (χ0) is 17.8. The van der Waals surface area contributed by atoms with E-state index in [0.29, 0.717) is 23.0 Å². The van der Waals surface area contributed by atoms with Gasteiger partial charge in [0.2, 0.25) is 0 Å². The summed E-state index contributed by atoms with van der Waals surface area (Å²) in [6.07, 6.45) is 2.90. The molecule has 25 heavy (non-hydrogen) atoms. The predicted molar refractivity (Wildman–Crippen MR) is 105 cm³/mol. The molecule has 0 aliphatic rings. The van der Waals surface area contributed by atoms with Gasteiger partial charge in [0.1, 0.15) is 17.9 Å². The Morgan fingerprint density at radius 3 is 2.64 bits per heavy atom. The lowest BCUT2D eigenvalue weighted by Crippen LogP contribution is -2.02. The first-order valence-electron chi connectivity index (χ1n) is 8.20. The number of benzene rings is 2. The van der Waals surface area contributed by atoms with Crippen molar-refractivity contribution in [1.29, 1.82) is 0 Å². The van der Waals surface area contributed by atoms with Gasteiger partial charge < -0.3 is 9.15 Å². The van der Waals surface area contributed by atoms with Crippen LogP contribution in [0.1, 0.15) is 30.9 Å². The lowest BCUT2D eigenvalue weighted by molar-refractivity contribution is 0.306. The second kappa shape index (κ2) is 8.07. The minimum absolute atomic E-state index is 0.347. The van der Waals surface area contributed by atoms with Crippen LogP contribution in [0.15, 0.2) is 56.1 Å². The number of ether oxygens (including phenoxy) is 1. The highest BCUT2D eigenvalue weighted by Gasteiger charge is 2.11. The zero-order valence-corrected chi connectivity index (χ0v) is 16.2. The first-order valence-corrected chi connectivity index (χ1v) is 9.37. The Hall–Kier alpha value is -1.78. The Morgan fingerprint density at radius 2 is 1.92 bits per heavy atom. The number of hydrogen-bond acceptors (Lipinski definition) is 3. The summed E-state index contributed by atoms with van der Waals surface area (Å²) in [6, 6.07) is 12.9. The molecule has 5 heteroatoms. The van der Waals surface area contributed by atoms with E-state index in [1.807, 2.05) is 30.3 Å². The largest absolute Gasteiger partial charge is 0.487 e. The second-order valence-electron chi connectivity index (χ2n) is 5.89. The molecule has 0 saturated carbocycles. The molecule has 0 radical (unpaired) electrons. The van der Waals surface area contributed by atoms with Gasteiger partial charge in [0.05, 0.1) is 5.02 Å². The SMILES string of the molecule is CCCCc1cc(=O)oc2cc(OCc3ccc(Br)cc3)c(Cl)cc12. The van der Waals surface area contributed by atoms with Crippen molar-refractivity contribution < 1.29 is 9.15 Å². The van der Waals surface area contributed by atoms with E-state index in [-0.39, 0.29) is 5.63 Å². The number of fused-ring (bicyclic) bond motifs is 1. The lowest BCUT2D eigenvalue weighted by atomic mass is 10.0. The molecule has 0 aliphatic carbocycles. The Bertz CT molecular complexity index is 932. The number of rotatable bonds is 6. The van der Waals surface area contributed by atoms with Gasteiger partial charge in [0.25, 0.3) is 0 Å². The summed E-state index contributed by atoms with van der Waals surface area (Å²) in [6.45, 7) is 2.51. The minimum Gasteiger partial charge on any atom is -0.487 e. The fraction of sp³-hybridized carbons (Fsp3) is 0.250. The maximum atomic E-state index is 11.8. The smallest absolute Gasteiger partial charge is 0.336 e. The van der Waals surface area contributed by atoms with Crippen LogP contribution in [-0.2, 0) is 13.0 Å². The quantitative estimate of drug-likeness (QED) is 0.449. The number of hydrogen-bond donors (Lipinski definition) is 0. The van der Waals surface area contributed by atoms with Gasteiger partial charge in [-0.05, 0) is 42.2 Å². The molecule has 0 fully saturated rings. The van der Waals surface area contributed by atoms with Crippen molar-refractivity contribution in [3.63, 3.8) is 0 Å². The third kappa shape index (κ3) is 4.44. The van der Waals surface area contributed by atoms with Crippen molar-refractivity contribution in [2.75, 3.05) is 0 Å². The molecule has 0 bridgehead atoms. The van der Waals surface area contributed by atoms with Crippen LogP contribution in [0.3, 0.4) is 0 Å². The standard InChI is InChI=1S/C20H18BrClO3/c1-2-3-4-14-9-20(23)25-18-11-19(17(22)10-16(14)18)24-12-13-5-7-15(21)8-6-13/h5-11H,2-4,12H2,1H3. The van der Waals surface area contributed by atoms with Crippen molar-refractivity contribution >= 4 is 38.5 Å². The molecule has 1 aromatic heterocycles. The average molecular weight is 422 g/mol. The van der Waals surface area contributed by atoms with Crippen LogP contribution in [0.2, 0.25) is 5.02 Å². The molecule has 1 heterocycles. The number of aryl methyl sites for hydroxylation is 1. The van der Waals surface area contributed by atoms with Crippen molar-refractivity contribution in [2.45, 2.75) is 32.8 Å². The topological polar surface area (TPSA) is 39.4 Å². The van der Waals surface area contributed by atoms with Gasteiger partial charge in [0, 0.05) is 22.0 Å². The third-order valence-electron chi connectivity index (χ3n) is 3.99. The van der Waals surface area contributed by atoms with Crippen LogP contribution in [0.4, 0.5) is 0 Å². The molecule has 0 N–H and O–H groups in total. The van der Waals surface area contributed by atoms with Gasteiger partial charge in [-0.3, -0.25) is 0 Å². The van der Waals surface area contributed by atoms with Crippen molar-refractivity contribution in [1.82, 2.24) is 0 Å².